The standard InChI is InChI=1S/C12H8O4/c13-7-2-1-4-8-5-3-6-9-10(8)12(15)16-11(9)14/h3,5-6,13H,2,7H2. The van der Waals surface area contributed by atoms with Crippen LogP contribution in [0.1, 0.15) is 32.7 Å². The van der Waals surface area contributed by atoms with Gasteiger partial charge in [0.2, 0.25) is 0 Å². The molecule has 1 heterocycles. The summed E-state index contributed by atoms with van der Waals surface area (Å²) in [5.41, 5.74) is 0.931. The number of ether oxygens (including phenoxy) is 1. The molecule has 16 heavy (non-hydrogen) atoms. The van der Waals surface area contributed by atoms with E-state index in [9.17, 15) is 9.59 Å². The van der Waals surface area contributed by atoms with E-state index in [2.05, 4.69) is 16.6 Å². The summed E-state index contributed by atoms with van der Waals surface area (Å²) in [5, 5.41) is 8.58. The summed E-state index contributed by atoms with van der Waals surface area (Å²) in [5.74, 6) is 4.14. The van der Waals surface area contributed by atoms with Gasteiger partial charge in [-0.1, -0.05) is 17.9 Å². The maximum absolute atomic E-state index is 11.4. The number of benzene rings is 1. The SMILES string of the molecule is O=C1OC(=O)c2c(C#CCCO)cccc21. The highest BCUT2D eigenvalue weighted by Crippen LogP contribution is 2.22. The van der Waals surface area contributed by atoms with Crippen molar-refractivity contribution in [3.8, 4) is 11.8 Å². The van der Waals surface area contributed by atoms with Crippen molar-refractivity contribution in [2.75, 3.05) is 6.61 Å². The molecule has 1 N–H and O–H groups in total. The van der Waals surface area contributed by atoms with Crippen LogP contribution in [0.3, 0.4) is 0 Å². The first-order valence-electron chi connectivity index (χ1n) is 4.73. The molecule has 0 aliphatic carbocycles. The third-order valence-corrected chi connectivity index (χ3v) is 2.13. The van der Waals surface area contributed by atoms with Crippen molar-refractivity contribution in [3.63, 3.8) is 0 Å². The summed E-state index contributed by atoms with van der Waals surface area (Å²) < 4.78 is 4.48. The van der Waals surface area contributed by atoms with Gasteiger partial charge in [-0.15, -0.1) is 0 Å². The first-order valence-corrected chi connectivity index (χ1v) is 4.73. The number of esters is 2. The molecule has 1 aromatic carbocycles. The molecule has 0 unspecified atom stereocenters. The van der Waals surface area contributed by atoms with E-state index in [0.29, 0.717) is 12.0 Å². The van der Waals surface area contributed by atoms with Gasteiger partial charge < -0.3 is 9.84 Å². The molecule has 1 aliphatic heterocycles. The van der Waals surface area contributed by atoms with Crippen LogP contribution in [0.4, 0.5) is 0 Å². The third kappa shape index (κ3) is 1.69. The zero-order chi connectivity index (χ0) is 11.5. The highest BCUT2D eigenvalue weighted by atomic mass is 16.6. The lowest BCUT2D eigenvalue weighted by molar-refractivity contribution is 0.0443. The average Bonchev–Trinajstić information content (AvgIpc) is 2.56. The second-order valence-corrected chi connectivity index (χ2v) is 3.18. The number of hydrogen-bond acceptors (Lipinski definition) is 4. The zero-order valence-electron chi connectivity index (χ0n) is 8.32. The van der Waals surface area contributed by atoms with Gasteiger partial charge in [-0.05, 0) is 12.1 Å². The largest absolute Gasteiger partial charge is 0.395 e. The summed E-state index contributed by atoms with van der Waals surface area (Å²) in [6.45, 7) is -0.0363. The van der Waals surface area contributed by atoms with Gasteiger partial charge in [0.05, 0.1) is 17.7 Å². The van der Waals surface area contributed by atoms with Crippen LogP contribution < -0.4 is 0 Å². The summed E-state index contributed by atoms with van der Waals surface area (Å²) in [4.78, 5) is 22.6. The van der Waals surface area contributed by atoms with Crippen molar-refractivity contribution in [1.29, 1.82) is 0 Å². The topological polar surface area (TPSA) is 63.6 Å². The number of aliphatic hydroxyl groups is 1. The lowest BCUT2D eigenvalue weighted by Gasteiger charge is -1.95. The highest BCUT2D eigenvalue weighted by Gasteiger charge is 2.31. The fourth-order valence-corrected chi connectivity index (χ4v) is 1.45. The number of aliphatic hydroxyl groups excluding tert-OH is 1. The van der Waals surface area contributed by atoms with E-state index in [-0.39, 0.29) is 17.7 Å². The molecule has 80 valence electrons. The molecule has 0 atom stereocenters. The lowest BCUT2D eigenvalue weighted by atomic mass is 10.0. The quantitative estimate of drug-likeness (QED) is 0.427. The Bertz CT molecular complexity index is 520. The van der Waals surface area contributed by atoms with Gasteiger partial charge >= 0.3 is 11.9 Å². The Morgan fingerprint density at radius 1 is 1.25 bits per heavy atom. The number of cyclic esters (lactones) is 2. The van der Waals surface area contributed by atoms with Crippen LogP contribution in [-0.4, -0.2) is 23.7 Å². The average molecular weight is 216 g/mol. The van der Waals surface area contributed by atoms with Gasteiger partial charge in [0.15, 0.2) is 0 Å². The fourth-order valence-electron chi connectivity index (χ4n) is 1.45. The van der Waals surface area contributed by atoms with E-state index >= 15 is 0 Å². The van der Waals surface area contributed by atoms with Crippen molar-refractivity contribution >= 4 is 11.9 Å². The molecular weight excluding hydrogens is 208 g/mol. The Morgan fingerprint density at radius 3 is 2.81 bits per heavy atom. The minimum atomic E-state index is -0.658. The number of carbonyl (C=O) groups is 2. The second-order valence-electron chi connectivity index (χ2n) is 3.18. The molecule has 0 saturated carbocycles. The Balaban J connectivity index is 2.47. The Hall–Kier alpha value is -2.12. The third-order valence-electron chi connectivity index (χ3n) is 2.13. The van der Waals surface area contributed by atoms with Gasteiger partial charge in [-0.3, -0.25) is 0 Å². The van der Waals surface area contributed by atoms with Crippen LogP contribution in [0.25, 0.3) is 0 Å². The summed E-state index contributed by atoms with van der Waals surface area (Å²) >= 11 is 0. The van der Waals surface area contributed by atoms with Crippen molar-refractivity contribution in [2.45, 2.75) is 6.42 Å². The normalized spacial score (nSPS) is 12.8. The van der Waals surface area contributed by atoms with Gasteiger partial charge in [-0.2, -0.15) is 0 Å². The van der Waals surface area contributed by atoms with Crippen LogP contribution in [0.15, 0.2) is 18.2 Å². The van der Waals surface area contributed by atoms with Crippen LogP contribution >= 0.6 is 0 Å². The fraction of sp³-hybridized carbons (Fsp3) is 0.167. The number of fused-ring (bicyclic) bond motifs is 1. The highest BCUT2D eigenvalue weighted by molar-refractivity contribution is 6.15. The van der Waals surface area contributed by atoms with E-state index in [1.165, 1.54) is 6.07 Å². The summed E-state index contributed by atoms with van der Waals surface area (Å²) in [6, 6.07) is 4.81. The molecule has 1 aromatic rings. The van der Waals surface area contributed by atoms with Gasteiger partial charge in [0.1, 0.15) is 0 Å². The number of carbonyl (C=O) groups excluding carboxylic acids is 2. The molecule has 1 aliphatic rings. The van der Waals surface area contributed by atoms with Crippen LogP contribution in [0.2, 0.25) is 0 Å². The molecular formula is C12H8O4. The first-order chi connectivity index (χ1) is 7.74. The van der Waals surface area contributed by atoms with Crippen LogP contribution in [-0.2, 0) is 4.74 Å². The molecule has 4 nitrogen and oxygen atoms in total. The van der Waals surface area contributed by atoms with E-state index in [0.717, 1.165) is 0 Å². The summed E-state index contributed by atoms with van der Waals surface area (Å²) in [6.07, 6.45) is 0.326. The van der Waals surface area contributed by atoms with E-state index < -0.39 is 11.9 Å². The molecule has 0 spiro atoms. The maximum Gasteiger partial charge on any atom is 0.348 e. The van der Waals surface area contributed by atoms with Crippen LogP contribution in [0, 0.1) is 11.8 Å². The van der Waals surface area contributed by atoms with Gasteiger partial charge in [0, 0.05) is 12.0 Å². The summed E-state index contributed by atoms with van der Waals surface area (Å²) in [7, 11) is 0. The van der Waals surface area contributed by atoms with Crippen molar-refractivity contribution in [3.05, 3.63) is 34.9 Å². The monoisotopic (exact) mass is 216 g/mol. The molecule has 0 amide bonds. The molecule has 2 rings (SSSR count). The van der Waals surface area contributed by atoms with Crippen LogP contribution in [0.5, 0.6) is 0 Å². The Kier molecular flexibility index (Phi) is 2.71. The van der Waals surface area contributed by atoms with Crippen molar-refractivity contribution in [2.24, 2.45) is 0 Å². The molecule has 0 fully saturated rings. The van der Waals surface area contributed by atoms with Crippen molar-refractivity contribution < 1.29 is 19.4 Å². The van der Waals surface area contributed by atoms with E-state index in [1.807, 2.05) is 0 Å². The molecule has 0 aromatic heterocycles. The van der Waals surface area contributed by atoms with E-state index in [4.69, 9.17) is 5.11 Å². The smallest absolute Gasteiger partial charge is 0.348 e. The minimum Gasteiger partial charge on any atom is -0.395 e. The van der Waals surface area contributed by atoms with Gasteiger partial charge in [-0.25, -0.2) is 9.59 Å². The lowest BCUT2D eigenvalue weighted by Crippen LogP contribution is -1.98. The zero-order valence-corrected chi connectivity index (χ0v) is 8.32. The molecule has 0 radical (unpaired) electrons. The van der Waals surface area contributed by atoms with E-state index in [1.54, 1.807) is 12.1 Å². The first kappa shape index (κ1) is 10.4. The Labute approximate surface area is 91.8 Å². The van der Waals surface area contributed by atoms with Gasteiger partial charge in [0.25, 0.3) is 0 Å². The molecule has 4 heteroatoms. The number of hydrogen-bond donors (Lipinski definition) is 1. The predicted molar refractivity (Wildman–Crippen MR) is 54.8 cm³/mol. The number of rotatable bonds is 1. The predicted octanol–water partition coefficient (Wildman–Crippen LogP) is 0.731. The van der Waals surface area contributed by atoms with Crippen molar-refractivity contribution in [1.82, 2.24) is 0 Å². The second kappa shape index (κ2) is 4.17. The Morgan fingerprint density at radius 2 is 2.06 bits per heavy atom. The molecule has 0 bridgehead atoms. The molecule has 0 saturated heterocycles. The maximum atomic E-state index is 11.4. The minimum absolute atomic E-state index is 0.0363.